The quantitative estimate of drug-likeness (QED) is 0.194. The Morgan fingerprint density at radius 3 is 2.20 bits per heavy atom. The van der Waals surface area contributed by atoms with Crippen LogP contribution in [0.15, 0.2) is 78.4 Å². The Kier molecular flexibility index (Phi) is 9.45. The maximum atomic E-state index is 13.4. The number of methoxy groups -OCH3 is 2. The Bertz CT molecular complexity index is 1350. The second kappa shape index (κ2) is 13.2. The summed E-state index contributed by atoms with van der Waals surface area (Å²) in [4.78, 5) is 30.5. The number of carbonyl (C=O) groups excluding carboxylic acids is 2. The van der Waals surface area contributed by atoms with Crippen molar-refractivity contribution in [1.29, 1.82) is 0 Å². The lowest BCUT2D eigenvalue weighted by molar-refractivity contribution is -0.140. The average Bonchev–Trinajstić information content (AvgIpc) is 3.25. The van der Waals surface area contributed by atoms with Gasteiger partial charge in [-0.1, -0.05) is 56.3 Å². The lowest BCUT2D eigenvalue weighted by atomic mass is 9.95. The van der Waals surface area contributed by atoms with Gasteiger partial charge in [-0.3, -0.25) is 9.59 Å². The normalized spacial score (nSPS) is 16.4. The van der Waals surface area contributed by atoms with Crippen LogP contribution in [0.5, 0.6) is 17.2 Å². The van der Waals surface area contributed by atoms with Gasteiger partial charge in [0.05, 0.1) is 25.8 Å². The van der Waals surface area contributed by atoms with E-state index in [1.165, 1.54) is 14.2 Å². The monoisotopic (exact) mass is 544 g/mol. The Balaban J connectivity index is 1.71. The van der Waals surface area contributed by atoms with E-state index in [1.807, 2.05) is 54.6 Å². The van der Waals surface area contributed by atoms with Crippen molar-refractivity contribution >= 4 is 17.4 Å². The third kappa shape index (κ3) is 6.13. The van der Waals surface area contributed by atoms with Crippen LogP contribution in [-0.2, 0) is 16.2 Å². The summed E-state index contributed by atoms with van der Waals surface area (Å²) in [5.74, 6) is -0.0726. The summed E-state index contributed by atoms with van der Waals surface area (Å²) in [6.45, 7) is 7.12. The van der Waals surface area contributed by atoms with Crippen molar-refractivity contribution in [2.24, 2.45) is 0 Å². The lowest BCUT2D eigenvalue weighted by Crippen LogP contribution is -2.38. The van der Waals surface area contributed by atoms with Gasteiger partial charge in [0.15, 0.2) is 11.5 Å². The van der Waals surface area contributed by atoms with Crippen LogP contribution in [0.4, 0.5) is 0 Å². The van der Waals surface area contributed by atoms with Crippen LogP contribution < -0.4 is 14.2 Å². The van der Waals surface area contributed by atoms with Crippen molar-refractivity contribution in [1.82, 2.24) is 9.80 Å². The predicted molar refractivity (Wildman–Crippen MR) is 154 cm³/mol. The molecule has 0 aromatic heterocycles. The predicted octanol–water partition coefficient (Wildman–Crippen LogP) is 5.05. The zero-order valence-corrected chi connectivity index (χ0v) is 23.4. The fraction of sp³-hybridized carbons (Fsp3) is 0.312. The molecule has 1 heterocycles. The smallest absolute Gasteiger partial charge is 0.295 e. The SMILES string of the molecule is CCN(CC)CCN1C(=O)C(=O)C(=C(O)c2ccc(OC)c(OC)c2)C1c1ccc(OCc2ccccc2)cc1. The summed E-state index contributed by atoms with van der Waals surface area (Å²) in [5.41, 5.74) is 2.14. The molecule has 1 unspecified atom stereocenters. The molecule has 0 saturated carbocycles. The van der Waals surface area contributed by atoms with Crippen molar-refractivity contribution in [3.63, 3.8) is 0 Å². The number of amides is 1. The summed E-state index contributed by atoms with van der Waals surface area (Å²) in [6, 6.07) is 21.3. The molecule has 1 aliphatic rings. The Morgan fingerprint density at radius 2 is 1.57 bits per heavy atom. The van der Waals surface area contributed by atoms with E-state index in [4.69, 9.17) is 14.2 Å². The van der Waals surface area contributed by atoms with Gasteiger partial charge in [0, 0.05) is 18.7 Å². The van der Waals surface area contributed by atoms with Gasteiger partial charge in [-0.15, -0.1) is 0 Å². The van der Waals surface area contributed by atoms with Crippen molar-refractivity contribution in [2.45, 2.75) is 26.5 Å². The van der Waals surface area contributed by atoms with Gasteiger partial charge in [0.2, 0.25) is 0 Å². The number of nitrogens with zero attached hydrogens (tertiary/aromatic N) is 2. The molecule has 8 nitrogen and oxygen atoms in total. The molecule has 1 atom stereocenters. The minimum atomic E-state index is -0.758. The summed E-state index contributed by atoms with van der Waals surface area (Å²) < 4.78 is 16.6. The number of aliphatic hydroxyl groups excluding tert-OH is 1. The highest BCUT2D eigenvalue weighted by Gasteiger charge is 2.46. The molecule has 1 aliphatic heterocycles. The molecule has 8 heteroatoms. The van der Waals surface area contributed by atoms with Crippen LogP contribution >= 0.6 is 0 Å². The van der Waals surface area contributed by atoms with Gasteiger partial charge >= 0.3 is 0 Å². The minimum absolute atomic E-state index is 0.0368. The first-order chi connectivity index (χ1) is 19.4. The van der Waals surface area contributed by atoms with E-state index >= 15 is 0 Å². The van der Waals surface area contributed by atoms with Crippen molar-refractivity contribution in [3.05, 3.63) is 95.1 Å². The molecule has 0 spiro atoms. The maximum absolute atomic E-state index is 13.4. The van der Waals surface area contributed by atoms with Crippen LogP contribution in [-0.4, -0.2) is 67.0 Å². The van der Waals surface area contributed by atoms with Gasteiger partial charge in [-0.25, -0.2) is 0 Å². The molecule has 0 radical (unpaired) electrons. The summed E-state index contributed by atoms with van der Waals surface area (Å²) in [5, 5.41) is 11.4. The Labute approximate surface area is 235 Å². The molecule has 1 fully saturated rings. The van der Waals surface area contributed by atoms with Crippen molar-refractivity contribution in [2.75, 3.05) is 40.4 Å². The maximum Gasteiger partial charge on any atom is 0.295 e. The number of likely N-dealkylation sites (tertiary alicyclic amines) is 1. The van der Waals surface area contributed by atoms with E-state index in [1.54, 1.807) is 23.1 Å². The molecule has 1 N–H and O–H groups in total. The van der Waals surface area contributed by atoms with Crippen molar-refractivity contribution in [3.8, 4) is 17.2 Å². The summed E-state index contributed by atoms with van der Waals surface area (Å²) >= 11 is 0. The molecular weight excluding hydrogens is 508 g/mol. The van der Waals surface area contributed by atoms with Gasteiger partial charge in [0.25, 0.3) is 11.7 Å². The van der Waals surface area contributed by atoms with E-state index in [0.29, 0.717) is 48.1 Å². The number of benzene rings is 3. The molecular formula is C32H36N2O6. The van der Waals surface area contributed by atoms with E-state index in [9.17, 15) is 14.7 Å². The first kappa shape index (κ1) is 28.7. The van der Waals surface area contributed by atoms with E-state index in [-0.39, 0.29) is 11.3 Å². The first-order valence-electron chi connectivity index (χ1n) is 13.4. The third-order valence-electron chi connectivity index (χ3n) is 7.19. The highest BCUT2D eigenvalue weighted by atomic mass is 16.5. The molecule has 0 aliphatic carbocycles. The second-order valence-corrected chi connectivity index (χ2v) is 9.43. The van der Waals surface area contributed by atoms with Gasteiger partial charge in [-0.05, 0) is 54.5 Å². The molecule has 40 heavy (non-hydrogen) atoms. The van der Waals surface area contributed by atoms with E-state index in [2.05, 4.69) is 18.7 Å². The van der Waals surface area contributed by atoms with Crippen LogP contribution in [0.2, 0.25) is 0 Å². The molecule has 4 rings (SSSR count). The zero-order valence-electron chi connectivity index (χ0n) is 23.4. The molecule has 1 saturated heterocycles. The van der Waals surface area contributed by atoms with E-state index < -0.39 is 17.7 Å². The lowest BCUT2D eigenvalue weighted by Gasteiger charge is -2.28. The highest BCUT2D eigenvalue weighted by molar-refractivity contribution is 6.46. The minimum Gasteiger partial charge on any atom is -0.507 e. The number of hydrogen-bond acceptors (Lipinski definition) is 7. The number of rotatable bonds is 12. The number of carbonyl (C=O) groups is 2. The Morgan fingerprint density at radius 1 is 0.900 bits per heavy atom. The number of ketones is 1. The number of likely N-dealkylation sites (N-methyl/N-ethyl adjacent to an activating group) is 1. The fourth-order valence-electron chi connectivity index (χ4n) is 4.87. The van der Waals surface area contributed by atoms with Crippen LogP contribution in [0, 0.1) is 0 Å². The highest BCUT2D eigenvalue weighted by Crippen LogP contribution is 2.41. The Hall–Kier alpha value is -4.30. The number of ether oxygens (including phenoxy) is 3. The summed E-state index contributed by atoms with van der Waals surface area (Å²) in [7, 11) is 3.02. The van der Waals surface area contributed by atoms with Crippen LogP contribution in [0.3, 0.4) is 0 Å². The van der Waals surface area contributed by atoms with Gasteiger partial charge < -0.3 is 29.1 Å². The fourth-order valence-corrected chi connectivity index (χ4v) is 4.87. The zero-order chi connectivity index (χ0) is 28.6. The van der Waals surface area contributed by atoms with E-state index in [0.717, 1.165) is 18.7 Å². The average molecular weight is 545 g/mol. The van der Waals surface area contributed by atoms with Crippen LogP contribution in [0.1, 0.15) is 36.6 Å². The molecule has 3 aromatic rings. The molecule has 0 bridgehead atoms. The molecule has 3 aromatic carbocycles. The molecule has 210 valence electrons. The second-order valence-electron chi connectivity index (χ2n) is 9.43. The standard InChI is InChI=1S/C32H36N2O6/c1-5-33(6-2)18-19-34-29(23-12-15-25(16-13-23)40-21-22-10-8-7-9-11-22)28(31(36)32(34)37)30(35)24-14-17-26(38-3)27(20-24)39-4/h7-17,20,29,35H,5-6,18-19,21H2,1-4H3. The van der Waals surface area contributed by atoms with Gasteiger partial charge in [0.1, 0.15) is 18.1 Å². The molecule has 1 amide bonds. The number of Topliss-reactive ketones (excluding diaryl/α,β-unsaturated/α-hetero) is 1. The largest absolute Gasteiger partial charge is 0.507 e. The van der Waals surface area contributed by atoms with Gasteiger partial charge in [-0.2, -0.15) is 0 Å². The number of hydrogen-bond donors (Lipinski definition) is 1. The third-order valence-corrected chi connectivity index (χ3v) is 7.19. The van der Waals surface area contributed by atoms with Crippen LogP contribution in [0.25, 0.3) is 5.76 Å². The summed E-state index contributed by atoms with van der Waals surface area (Å²) in [6.07, 6.45) is 0. The number of aliphatic hydroxyl groups is 1. The van der Waals surface area contributed by atoms with Crippen molar-refractivity contribution < 1.29 is 28.9 Å². The topological polar surface area (TPSA) is 88.5 Å². The first-order valence-corrected chi connectivity index (χ1v) is 13.4.